The number of carboxylic acids is 1. The zero-order valence-corrected chi connectivity index (χ0v) is 22.9. The molecule has 9 heteroatoms. The Balaban J connectivity index is 1.59. The van der Waals surface area contributed by atoms with E-state index in [4.69, 9.17) is 9.47 Å². The van der Waals surface area contributed by atoms with E-state index in [-0.39, 0.29) is 11.5 Å². The number of amidine groups is 1. The second-order valence-corrected chi connectivity index (χ2v) is 10.1. The van der Waals surface area contributed by atoms with Crippen LogP contribution in [0, 0.1) is 6.92 Å². The highest BCUT2D eigenvalue weighted by Crippen LogP contribution is 2.40. The van der Waals surface area contributed by atoms with Gasteiger partial charge in [-0.1, -0.05) is 35.9 Å². The zero-order chi connectivity index (χ0) is 26.5. The lowest BCUT2D eigenvalue weighted by Crippen LogP contribution is -2.23. The fourth-order valence-electron chi connectivity index (χ4n) is 3.54. The van der Waals surface area contributed by atoms with Gasteiger partial charge < -0.3 is 14.6 Å². The van der Waals surface area contributed by atoms with Crippen LogP contribution in [0.25, 0.3) is 6.08 Å². The molecule has 1 N–H and O–H groups in total. The molecule has 0 aromatic heterocycles. The molecule has 1 aliphatic heterocycles. The molecular formula is C28H25BrN2O5S. The molecule has 1 saturated heterocycles. The van der Waals surface area contributed by atoms with Gasteiger partial charge >= 0.3 is 5.97 Å². The summed E-state index contributed by atoms with van der Waals surface area (Å²) in [5.74, 6) is -0.0771. The third-order valence-corrected chi connectivity index (χ3v) is 7.10. The highest BCUT2D eigenvalue weighted by atomic mass is 79.9. The molecule has 3 aromatic rings. The summed E-state index contributed by atoms with van der Waals surface area (Å²) in [5.41, 5.74) is 3.58. The number of carbonyl (C=O) groups is 2. The molecule has 0 spiro atoms. The second kappa shape index (κ2) is 11.7. The van der Waals surface area contributed by atoms with Crippen LogP contribution in [0.1, 0.15) is 34.0 Å². The van der Waals surface area contributed by atoms with Crippen molar-refractivity contribution in [3.05, 3.63) is 92.3 Å². The van der Waals surface area contributed by atoms with Crippen LogP contribution >= 0.6 is 27.7 Å². The number of ether oxygens (including phenoxy) is 2. The highest BCUT2D eigenvalue weighted by Gasteiger charge is 2.30. The number of benzene rings is 3. The van der Waals surface area contributed by atoms with Gasteiger partial charge in [0.25, 0.3) is 5.91 Å². The first kappa shape index (κ1) is 26.5. The molecule has 190 valence electrons. The van der Waals surface area contributed by atoms with Crippen LogP contribution in [0.2, 0.25) is 0 Å². The Morgan fingerprint density at radius 1 is 1.14 bits per heavy atom. The first-order valence-electron chi connectivity index (χ1n) is 11.5. The van der Waals surface area contributed by atoms with Gasteiger partial charge in [0.2, 0.25) is 0 Å². The zero-order valence-electron chi connectivity index (χ0n) is 20.5. The number of hydrogen-bond acceptors (Lipinski definition) is 6. The molecule has 0 saturated carbocycles. The fraction of sp³-hybridized carbons (Fsp3) is 0.179. The number of aliphatic imine (C=N–C) groups is 1. The van der Waals surface area contributed by atoms with Crippen LogP contribution < -0.4 is 9.47 Å². The van der Waals surface area contributed by atoms with Crippen molar-refractivity contribution in [3.8, 4) is 11.5 Å². The molecule has 0 radical (unpaired) electrons. The number of thioether (sulfide) groups is 1. The number of likely N-dealkylation sites (N-methyl/N-ethyl adjacent to an activating group) is 1. The standard InChI is InChI=1S/C28H25BrN2O5S/c1-4-35-23-13-19(12-22(29)25(23)36-16-18-10-8-17(2)9-11-18)14-24-26(32)31(3)28(37-24)30-21-7-5-6-20(15-21)27(33)34/h5-15H,4,16H2,1-3H3,(H,33,34)/b24-14-,30-28?. The monoisotopic (exact) mass is 580 g/mol. The summed E-state index contributed by atoms with van der Waals surface area (Å²) in [5, 5.41) is 9.68. The van der Waals surface area contributed by atoms with Crippen molar-refractivity contribution in [2.24, 2.45) is 4.99 Å². The number of carbonyl (C=O) groups excluding carboxylic acids is 1. The number of hydrogen-bond donors (Lipinski definition) is 1. The summed E-state index contributed by atoms with van der Waals surface area (Å²) in [6.45, 7) is 4.78. The molecule has 1 aliphatic rings. The fourth-order valence-corrected chi connectivity index (χ4v) is 5.10. The number of amides is 1. The largest absolute Gasteiger partial charge is 0.490 e. The number of aromatic carboxylic acids is 1. The Hall–Kier alpha value is -3.56. The van der Waals surface area contributed by atoms with Crippen molar-refractivity contribution in [2.75, 3.05) is 13.7 Å². The molecule has 0 aliphatic carbocycles. The maximum absolute atomic E-state index is 12.9. The minimum Gasteiger partial charge on any atom is -0.490 e. The van der Waals surface area contributed by atoms with Crippen molar-refractivity contribution in [3.63, 3.8) is 0 Å². The van der Waals surface area contributed by atoms with Crippen molar-refractivity contribution >= 4 is 56.5 Å². The third kappa shape index (κ3) is 6.42. The average molecular weight is 581 g/mol. The number of rotatable bonds is 8. The first-order chi connectivity index (χ1) is 17.7. The van der Waals surface area contributed by atoms with Gasteiger partial charge in [-0.2, -0.15) is 0 Å². The van der Waals surface area contributed by atoms with Crippen LogP contribution in [0.15, 0.2) is 75.0 Å². The van der Waals surface area contributed by atoms with Gasteiger partial charge in [-0.3, -0.25) is 9.69 Å². The van der Waals surface area contributed by atoms with E-state index >= 15 is 0 Å². The molecule has 1 heterocycles. The van der Waals surface area contributed by atoms with Crippen LogP contribution in [0.4, 0.5) is 5.69 Å². The van der Waals surface area contributed by atoms with Gasteiger partial charge in [0.15, 0.2) is 16.7 Å². The van der Waals surface area contributed by atoms with E-state index in [1.54, 1.807) is 25.3 Å². The van der Waals surface area contributed by atoms with Gasteiger partial charge in [0.1, 0.15) is 6.61 Å². The number of carboxylic acid groups (broad SMARTS) is 1. The number of halogens is 1. The van der Waals surface area contributed by atoms with Gasteiger partial charge in [0.05, 0.1) is 27.2 Å². The lowest BCUT2D eigenvalue weighted by atomic mass is 10.1. The summed E-state index contributed by atoms with van der Waals surface area (Å²) in [7, 11) is 1.64. The van der Waals surface area contributed by atoms with E-state index in [2.05, 4.69) is 20.9 Å². The average Bonchev–Trinajstić information content (AvgIpc) is 3.12. The van der Waals surface area contributed by atoms with E-state index in [1.807, 2.05) is 50.2 Å². The molecule has 4 rings (SSSR count). The Morgan fingerprint density at radius 3 is 2.59 bits per heavy atom. The Morgan fingerprint density at radius 2 is 1.89 bits per heavy atom. The molecular weight excluding hydrogens is 556 g/mol. The van der Waals surface area contributed by atoms with E-state index in [0.717, 1.165) is 11.1 Å². The van der Waals surface area contributed by atoms with E-state index in [0.29, 0.717) is 44.9 Å². The van der Waals surface area contributed by atoms with E-state index in [1.165, 1.54) is 34.4 Å². The summed E-state index contributed by atoms with van der Waals surface area (Å²) < 4.78 is 12.6. The number of aryl methyl sites for hydroxylation is 1. The third-order valence-electron chi connectivity index (χ3n) is 5.45. The van der Waals surface area contributed by atoms with Gasteiger partial charge in [0, 0.05) is 7.05 Å². The Kier molecular flexibility index (Phi) is 8.35. The molecule has 7 nitrogen and oxygen atoms in total. The maximum atomic E-state index is 12.9. The number of nitrogens with zero attached hydrogens (tertiary/aromatic N) is 2. The van der Waals surface area contributed by atoms with Gasteiger partial charge in [-0.15, -0.1) is 0 Å². The van der Waals surface area contributed by atoms with Crippen LogP contribution in [0.5, 0.6) is 11.5 Å². The van der Waals surface area contributed by atoms with Crippen LogP contribution in [-0.2, 0) is 11.4 Å². The smallest absolute Gasteiger partial charge is 0.335 e. The van der Waals surface area contributed by atoms with Crippen molar-refractivity contribution in [1.82, 2.24) is 4.90 Å². The highest BCUT2D eigenvalue weighted by molar-refractivity contribution is 9.10. The van der Waals surface area contributed by atoms with Crippen molar-refractivity contribution < 1.29 is 24.2 Å². The normalized spacial score (nSPS) is 15.5. The second-order valence-electron chi connectivity index (χ2n) is 8.26. The molecule has 1 amide bonds. The molecule has 3 aromatic carbocycles. The minimum absolute atomic E-state index is 0.132. The van der Waals surface area contributed by atoms with Crippen LogP contribution in [0.3, 0.4) is 0 Å². The first-order valence-corrected chi connectivity index (χ1v) is 13.1. The summed E-state index contributed by atoms with van der Waals surface area (Å²) in [4.78, 5) is 30.6. The maximum Gasteiger partial charge on any atom is 0.335 e. The lowest BCUT2D eigenvalue weighted by Gasteiger charge is -2.15. The van der Waals surface area contributed by atoms with Crippen molar-refractivity contribution in [1.29, 1.82) is 0 Å². The summed E-state index contributed by atoms with van der Waals surface area (Å²) in [6, 6.07) is 18.1. The topological polar surface area (TPSA) is 88.4 Å². The predicted molar refractivity (Wildman–Crippen MR) is 150 cm³/mol. The summed E-state index contributed by atoms with van der Waals surface area (Å²) in [6.07, 6.45) is 1.77. The van der Waals surface area contributed by atoms with Crippen molar-refractivity contribution in [2.45, 2.75) is 20.5 Å². The molecule has 1 fully saturated rings. The Bertz CT molecular complexity index is 1400. The van der Waals surface area contributed by atoms with Gasteiger partial charge in [-0.05, 0) is 89.1 Å². The van der Waals surface area contributed by atoms with Gasteiger partial charge in [-0.25, -0.2) is 9.79 Å². The summed E-state index contributed by atoms with van der Waals surface area (Å²) >= 11 is 4.82. The molecule has 37 heavy (non-hydrogen) atoms. The van der Waals surface area contributed by atoms with E-state index < -0.39 is 5.97 Å². The SMILES string of the molecule is CCOc1cc(/C=C2\SC(=Nc3cccc(C(=O)O)c3)N(C)C2=O)cc(Br)c1OCc1ccc(C)cc1. The quantitative estimate of drug-likeness (QED) is 0.299. The molecule has 0 unspecified atom stereocenters. The lowest BCUT2D eigenvalue weighted by molar-refractivity contribution is -0.121. The van der Waals surface area contributed by atoms with E-state index in [9.17, 15) is 14.7 Å². The Labute approximate surface area is 227 Å². The molecule has 0 atom stereocenters. The predicted octanol–water partition coefficient (Wildman–Crippen LogP) is 6.67. The van der Waals surface area contributed by atoms with Crippen LogP contribution in [-0.4, -0.2) is 40.7 Å². The molecule has 0 bridgehead atoms. The minimum atomic E-state index is -1.03.